The van der Waals surface area contributed by atoms with Crippen molar-refractivity contribution >= 4 is 12.4 Å². The first-order valence-electron chi connectivity index (χ1n) is 8.57. The Labute approximate surface area is 151 Å². The molecule has 0 amide bonds. The molecule has 3 rings (SSSR count). The summed E-state index contributed by atoms with van der Waals surface area (Å²) in [6.07, 6.45) is 0. The average Bonchev–Trinajstić information content (AvgIpc) is 2.77. The van der Waals surface area contributed by atoms with Gasteiger partial charge < -0.3 is 5.32 Å². The monoisotopic (exact) mass is 348 g/mol. The lowest BCUT2D eigenvalue weighted by molar-refractivity contribution is 0.199. The van der Waals surface area contributed by atoms with Crippen molar-refractivity contribution in [3.05, 3.63) is 52.3 Å². The van der Waals surface area contributed by atoms with Gasteiger partial charge in [0.25, 0.3) is 0 Å². The Balaban J connectivity index is 0.00000208. The minimum atomic E-state index is 0. The van der Waals surface area contributed by atoms with Gasteiger partial charge in [-0.05, 0) is 33.3 Å². The molecule has 24 heavy (non-hydrogen) atoms. The minimum Gasteiger partial charge on any atom is -0.312 e. The van der Waals surface area contributed by atoms with Gasteiger partial charge in [-0.25, -0.2) is 0 Å². The molecule has 0 bridgehead atoms. The Bertz CT molecular complexity index is 663. The van der Waals surface area contributed by atoms with Crippen LogP contribution in [0.2, 0.25) is 0 Å². The van der Waals surface area contributed by atoms with Gasteiger partial charge in [-0.1, -0.05) is 29.8 Å². The van der Waals surface area contributed by atoms with Gasteiger partial charge in [-0.3, -0.25) is 9.58 Å². The maximum absolute atomic E-state index is 4.79. The molecule has 5 heteroatoms. The van der Waals surface area contributed by atoms with Gasteiger partial charge in [0.15, 0.2) is 0 Å². The molecule has 4 nitrogen and oxygen atoms in total. The average molecular weight is 349 g/mol. The Hall–Kier alpha value is -1.36. The molecular weight excluding hydrogens is 320 g/mol. The SMILES string of the molecule is Cc1ccc(Cn2nc(C)c(CN3CCN[C@@H](C)C3)c2C)cc1.Cl. The van der Waals surface area contributed by atoms with E-state index in [1.807, 2.05) is 0 Å². The van der Waals surface area contributed by atoms with Gasteiger partial charge in [0.1, 0.15) is 0 Å². The zero-order valence-electron chi connectivity index (χ0n) is 15.2. The first-order valence-corrected chi connectivity index (χ1v) is 8.57. The first kappa shape index (κ1) is 19.0. The third-order valence-corrected chi connectivity index (χ3v) is 4.82. The van der Waals surface area contributed by atoms with Crippen molar-refractivity contribution in [1.82, 2.24) is 20.0 Å². The molecule has 1 N–H and O–H groups in total. The highest BCUT2D eigenvalue weighted by Crippen LogP contribution is 2.18. The van der Waals surface area contributed by atoms with Gasteiger partial charge in [0.2, 0.25) is 0 Å². The predicted molar refractivity (Wildman–Crippen MR) is 102 cm³/mol. The van der Waals surface area contributed by atoms with Crippen LogP contribution in [-0.4, -0.2) is 40.4 Å². The summed E-state index contributed by atoms with van der Waals surface area (Å²) < 4.78 is 2.15. The van der Waals surface area contributed by atoms with Crippen LogP contribution < -0.4 is 5.32 Å². The third kappa shape index (κ3) is 4.38. The van der Waals surface area contributed by atoms with Gasteiger partial charge in [0, 0.05) is 43.5 Å². The number of hydrogen-bond donors (Lipinski definition) is 1. The van der Waals surface area contributed by atoms with E-state index in [-0.39, 0.29) is 12.4 Å². The molecule has 1 saturated heterocycles. The van der Waals surface area contributed by atoms with Crippen LogP contribution in [0.5, 0.6) is 0 Å². The summed E-state index contributed by atoms with van der Waals surface area (Å²) >= 11 is 0. The lowest BCUT2D eigenvalue weighted by Gasteiger charge is -2.31. The topological polar surface area (TPSA) is 33.1 Å². The van der Waals surface area contributed by atoms with Crippen molar-refractivity contribution < 1.29 is 0 Å². The summed E-state index contributed by atoms with van der Waals surface area (Å²) in [4.78, 5) is 2.54. The molecule has 0 unspecified atom stereocenters. The smallest absolute Gasteiger partial charge is 0.0662 e. The number of halogens is 1. The fraction of sp³-hybridized carbons (Fsp3) is 0.526. The lowest BCUT2D eigenvalue weighted by Crippen LogP contribution is -2.48. The van der Waals surface area contributed by atoms with E-state index >= 15 is 0 Å². The normalized spacial score (nSPS) is 18.4. The van der Waals surface area contributed by atoms with Crippen LogP contribution in [0.3, 0.4) is 0 Å². The highest BCUT2D eigenvalue weighted by atomic mass is 35.5. The quantitative estimate of drug-likeness (QED) is 0.921. The molecule has 2 heterocycles. The molecule has 1 fully saturated rings. The van der Waals surface area contributed by atoms with Gasteiger partial charge in [0.05, 0.1) is 12.2 Å². The van der Waals surface area contributed by atoms with Crippen molar-refractivity contribution in [2.24, 2.45) is 0 Å². The summed E-state index contributed by atoms with van der Waals surface area (Å²) in [6, 6.07) is 9.31. The largest absolute Gasteiger partial charge is 0.312 e. The summed E-state index contributed by atoms with van der Waals surface area (Å²) in [6.45, 7) is 13.9. The van der Waals surface area contributed by atoms with E-state index in [0.29, 0.717) is 6.04 Å². The van der Waals surface area contributed by atoms with Crippen molar-refractivity contribution in [3.63, 3.8) is 0 Å². The minimum absolute atomic E-state index is 0. The molecule has 1 aromatic heterocycles. The van der Waals surface area contributed by atoms with Crippen LogP contribution >= 0.6 is 12.4 Å². The highest BCUT2D eigenvalue weighted by molar-refractivity contribution is 5.85. The summed E-state index contributed by atoms with van der Waals surface area (Å²) in [7, 11) is 0. The zero-order chi connectivity index (χ0) is 16.4. The molecule has 0 aliphatic carbocycles. The molecule has 0 saturated carbocycles. The predicted octanol–water partition coefficient (Wildman–Crippen LogP) is 3.07. The molecule has 1 aliphatic rings. The molecular formula is C19H29ClN4. The summed E-state index contributed by atoms with van der Waals surface area (Å²) in [5.41, 5.74) is 6.47. The molecule has 1 atom stereocenters. The van der Waals surface area contributed by atoms with E-state index < -0.39 is 0 Å². The van der Waals surface area contributed by atoms with Crippen LogP contribution in [0.4, 0.5) is 0 Å². The first-order chi connectivity index (χ1) is 11.0. The van der Waals surface area contributed by atoms with Crippen molar-refractivity contribution in [3.8, 4) is 0 Å². The molecule has 0 spiro atoms. The van der Waals surface area contributed by atoms with Gasteiger partial charge in [-0.2, -0.15) is 5.10 Å². The maximum atomic E-state index is 4.79. The lowest BCUT2D eigenvalue weighted by atomic mass is 10.1. The van der Waals surface area contributed by atoms with Crippen LogP contribution in [-0.2, 0) is 13.1 Å². The standard InChI is InChI=1S/C19H28N4.ClH/c1-14-5-7-18(8-6-14)12-23-17(4)19(16(3)21-23)13-22-10-9-20-15(2)11-22;/h5-8,15,20H,9-13H2,1-4H3;1H/t15-;/m0./s1. The second kappa shape index (κ2) is 8.15. The Morgan fingerprint density at radius 1 is 1.12 bits per heavy atom. The molecule has 2 aromatic rings. The number of benzene rings is 1. The van der Waals surface area contributed by atoms with E-state index in [9.17, 15) is 0 Å². The fourth-order valence-electron chi connectivity index (χ4n) is 3.36. The van der Waals surface area contributed by atoms with E-state index in [1.165, 1.54) is 28.1 Å². The number of nitrogens with zero attached hydrogens (tertiary/aromatic N) is 3. The van der Waals surface area contributed by atoms with Crippen molar-refractivity contribution in [2.45, 2.75) is 46.8 Å². The summed E-state index contributed by atoms with van der Waals surface area (Å²) in [5, 5.41) is 8.29. The van der Waals surface area contributed by atoms with E-state index in [4.69, 9.17) is 5.10 Å². The molecule has 1 aliphatic heterocycles. The second-order valence-corrected chi connectivity index (χ2v) is 6.88. The van der Waals surface area contributed by atoms with Gasteiger partial charge in [-0.15, -0.1) is 12.4 Å². The van der Waals surface area contributed by atoms with Crippen LogP contribution in [0.15, 0.2) is 24.3 Å². The third-order valence-electron chi connectivity index (χ3n) is 4.82. The number of hydrogen-bond acceptors (Lipinski definition) is 3. The number of nitrogens with one attached hydrogen (secondary N) is 1. The van der Waals surface area contributed by atoms with Crippen LogP contribution in [0.25, 0.3) is 0 Å². The highest BCUT2D eigenvalue weighted by Gasteiger charge is 2.19. The number of rotatable bonds is 4. The van der Waals surface area contributed by atoms with E-state index in [0.717, 1.165) is 32.7 Å². The number of aromatic nitrogens is 2. The van der Waals surface area contributed by atoms with Crippen LogP contribution in [0, 0.1) is 20.8 Å². The Morgan fingerprint density at radius 3 is 2.50 bits per heavy atom. The number of aryl methyl sites for hydroxylation is 2. The molecule has 1 aromatic carbocycles. The van der Waals surface area contributed by atoms with Crippen molar-refractivity contribution in [1.29, 1.82) is 0 Å². The Kier molecular flexibility index (Phi) is 6.44. The zero-order valence-corrected chi connectivity index (χ0v) is 16.0. The summed E-state index contributed by atoms with van der Waals surface area (Å²) in [5.74, 6) is 0. The number of piperazine rings is 1. The van der Waals surface area contributed by atoms with Crippen LogP contribution in [0.1, 0.15) is 35.0 Å². The maximum Gasteiger partial charge on any atom is 0.0662 e. The Morgan fingerprint density at radius 2 is 1.83 bits per heavy atom. The van der Waals surface area contributed by atoms with Gasteiger partial charge >= 0.3 is 0 Å². The second-order valence-electron chi connectivity index (χ2n) is 6.88. The van der Waals surface area contributed by atoms with E-state index in [1.54, 1.807) is 0 Å². The van der Waals surface area contributed by atoms with E-state index in [2.05, 4.69) is 66.9 Å². The fourth-order valence-corrected chi connectivity index (χ4v) is 3.36. The molecule has 132 valence electrons. The molecule has 0 radical (unpaired) electrons. The van der Waals surface area contributed by atoms with Crippen molar-refractivity contribution in [2.75, 3.05) is 19.6 Å².